The molecule has 0 aromatic carbocycles. The van der Waals surface area contributed by atoms with E-state index in [-0.39, 0.29) is 0 Å². The summed E-state index contributed by atoms with van der Waals surface area (Å²) in [6, 6.07) is 0. The average Bonchev–Trinajstić information content (AvgIpc) is 2.05. The smallest absolute Gasteiger partial charge is 0.0127 e. The van der Waals surface area contributed by atoms with E-state index >= 15 is 0 Å². The summed E-state index contributed by atoms with van der Waals surface area (Å²) in [6.45, 7) is 7.95. The van der Waals surface area contributed by atoms with Crippen LogP contribution in [0, 0.1) is 5.92 Å². The van der Waals surface area contributed by atoms with Crippen molar-refractivity contribution in [2.45, 2.75) is 19.8 Å². The average molecular weight is 166 g/mol. The molecular formula is C10H18N2. The van der Waals surface area contributed by atoms with E-state index in [0.29, 0.717) is 5.92 Å². The highest BCUT2D eigenvalue weighted by Crippen LogP contribution is 2.16. The second kappa shape index (κ2) is 4.31. The molecule has 1 fully saturated rings. The molecule has 0 saturated carbocycles. The lowest BCUT2D eigenvalue weighted by atomic mass is 9.95. The van der Waals surface area contributed by atoms with E-state index in [1.54, 1.807) is 0 Å². The van der Waals surface area contributed by atoms with Crippen LogP contribution in [-0.4, -0.2) is 13.1 Å². The molecule has 0 radical (unpaired) electrons. The first-order chi connectivity index (χ1) is 5.70. The predicted molar refractivity (Wildman–Crippen MR) is 52.7 cm³/mol. The van der Waals surface area contributed by atoms with Gasteiger partial charge in [0.1, 0.15) is 0 Å². The molecule has 0 aromatic heterocycles. The van der Waals surface area contributed by atoms with E-state index in [9.17, 15) is 0 Å². The zero-order valence-electron chi connectivity index (χ0n) is 7.77. The molecule has 1 atom stereocenters. The molecule has 0 aromatic rings. The number of hydrogen-bond donors (Lipinski definition) is 2. The first-order valence-corrected chi connectivity index (χ1v) is 4.53. The third-order valence-electron chi connectivity index (χ3n) is 2.18. The summed E-state index contributed by atoms with van der Waals surface area (Å²) < 4.78 is 0. The van der Waals surface area contributed by atoms with Gasteiger partial charge in [-0.2, -0.15) is 0 Å². The molecule has 0 aliphatic carbocycles. The summed E-state index contributed by atoms with van der Waals surface area (Å²) in [5.74, 6) is 0.524. The van der Waals surface area contributed by atoms with E-state index in [2.05, 4.69) is 11.9 Å². The SMILES string of the molecule is C=C(C)/C=C(\N)C1CCCNC1. The first kappa shape index (κ1) is 9.33. The molecule has 2 heteroatoms. The standard InChI is InChI=1S/C10H18N2/c1-8(2)6-10(11)9-4-3-5-12-7-9/h6,9,12H,1,3-5,7,11H2,2H3/b10-6-. The van der Waals surface area contributed by atoms with Crippen molar-refractivity contribution in [1.29, 1.82) is 0 Å². The largest absolute Gasteiger partial charge is 0.402 e. The minimum Gasteiger partial charge on any atom is -0.402 e. The van der Waals surface area contributed by atoms with Gasteiger partial charge in [-0.1, -0.05) is 12.2 Å². The van der Waals surface area contributed by atoms with Gasteiger partial charge in [-0.25, -0.2) is 0 Å². The Balaban J connectivity index is 2.49. The third kappa shape index (κ3) is 2.70. The van der Waals surface area contributed by atoms with Crippen LogP contribution < -0.4 is 11.1 Å². The lowest BCUT2D eigenvalue weighted by molar-refractivity contribution is 0.419. The number of nitrogens with one attached hydrogen (secondary N) is 1. The van der Waals surface area contributed by atoms with Gasteiger partial charge in [-0.3, -0.25) is 0 Å². The lowest BCUT2D eigenvalue weighted by Crippen LogP contribution is -2.32. The zero-order chi connectivity index (χ0) is 8.97. The Morgan fingerprint density at radius 1 is 1.67 bits per heavy atom. The van der Waals surface area contributed by atoms with Crippen molar-refractivity contribution in [3.63, 3.8) is 0 Å². The molecule has 0 spiro atoms. The zero-order valence-corrected chi connectivity index (χ0v) is 7.77. The fraction of sp³-hybridized carbons (Fsp3) is 0.600. The van der Waals surface area contributed by atoms with Gasteiger partial charge in [0.05, 0.1) is 0 Å². The number of piperidine rings is 1. The first-order valence-electron chi connectivity index (χ1n) is 4.53. The third-order valence-corrected chi connectivity index (χ3v) is 2.18. The second-order valence-corrected chi connectivity index (χ2v) is 3.53. The summed E-state index contributed by atoms with van der Waals surface area (Å²) >= 11 is 0. The Morgan fingerprint density at radius 2 is 2.42 bits per heavy atom. The van der Waals surface area contributed by atoms with Gasteiger partial charge in [-0.05, 0) is 32.4 Å². The van der Waals surface area contributed by atoms with Crippen LogP contribution >= 0.6 is 0 Å². The van der Waals surface area contributed by atoms with Crippen molar-refractivity contribution >= 4 is 0 Å². The Labute approximate surface area is 74.5 Å². The van der Waals surface area contributed by atoms with Crippen LogP contribution in [-0.2, 0) is 0 Å². The fourth-order valence-electron chi connectivity index (χ4n) is 1.54. The number of rotatable bonds is 2. The van der Waals surface area contributed by atoms with Gasteiger partial charge in [0.15, 0.2) is 0 Å². The Morgan fingerprint density at radius 3 is 2.92 bits per heavy atom. The molecule has 12 heavy (non-hydrogen) atoms. The van der Waals surface area contributed by atoms with Crippen molar-refractivity contribution in [3.05, 3.63) is 23.9 Å². The van der Waals surface area contributed by atoms with Crippen LogP contribution in [0.5, 0.6) is 0 Å². The van der Waals surface area contributed by atoms with Crippen LogP contribution in [0.25, 0.3) is 0 Å². The van der Waals surface area contributed by atoms with Gasteiger partial charge < -0.3 is 11.1 Å². The quantitative estimate of drug-likeness (QED) is 0.609. The molecule has 1 heterocycles. The molecule has 68 valence electrons. The normalized spacial score (nSPS) is 25.4. The van der Waals surface area contributed by atoms with Gasteiger partial charge in [0.25, 0.3) is 0 Å². The van der Waals surface area contributed by atoms with E-state index in [1.807, 2.05) is 13.0 Å². The molecule has 0 bridgehead atoms. The molecule has 1 aliphatic heterocycles. The highest BCUT2D eigenvalue weighted by Gasteiger charge is 2.14. The highest BCUT2D eigenvalue weighted by atomic mass is 14.9. The van der Waals surface area contributed by atoms with Crippen LogP contribution in [0.3, 0.4) is 0 Å². The molecule has 1 saturated heterocycles. The monoisotopic (exact) mass is 166 g/mol. The molecule has 2 nitrogen and oxygen atoms in total. The second-order valence-electron chi connectivity index (χ2n) is 3.53. The topological polar surface area (TPSA) is 38.0 Å². The van der Waals surface area contributed by atoms with Crippen LogP contribution in [0.4, 0.5) is 0 Å². The molecule has 1 unspecified atom stereocenters. The van der Waals surface area contributed by atoms with E-state index in [4.69, 9.17) is 5.73 Å². The Bertz CT molecular complexity index is 188. The molecule has 1 aliphatic rings. The van der Waals surface area contributed by atoms with Crippen molar-refractivity contribution < 1.29 is 0 Å². The fourth-order valence-corrected chi connectivity index (χ4v) is 1.54. The molecule has 1 rings (SSSR count). The number of allylic oxidation sites excluding steroid dienone is 2. The van der Waals surface area contributed by atoms with E-state index in [0.717, 1.165) is 24.4 Å². The van der Waals surface area contributed by atoms with Crippen LogP contribution in [0.15, 0.2) is 23.9 Å². The summed E-state index contributed by atoms with van der Waals surface area (Å²) in [7, 11) is 0. The van der Waals surface area contributed by atoms with Gasteiger partial charge in [0, 0.05) is 18.2 Å². The maximum Gasteiger partial charge on any atom is 0.0127 e. The Hall–Kier alpha value is -0.760. The maximum absolute atomic E-state index is 5.91. The molecule has 3 N–H and O–H groups in total. The van der Waals surface area contributed by atoms with Crippen LogP contribution in [0.1, 0.15) is 19.8 Å². The van der Waals surface area contributed by atoms with Crippen molar-refractivity contribution in [3.8, 4) is 0 Å². The van der Waals surface area contributed by atoms with E-state index < -0.39 is 0 Å². The van der Waals surface area contributed by atoms with Crippen molar-refractivity contribution in [1.82, 2.24) is 5.32 Å². The van der Waals surface area contributed by atoms with Crippen LogP contribution in [0.2, 0.25) is 0 Å². The van der Waals surface area contributed by atoms with Gasteiger partial charge in [-0.15, -0.1) is 0 Å². The summed E-state index contributed by atoms with van der Waals surface area (Å²) in [5, 5.41) is 3.34. The van der Waals surface area contributed by atoms with Gasteiger partial charge >= 0.3 is 0 Å². The summed E-state index contributed by atoms with van der Waals surface area (Å²) in [5.41, 5.74) is 7.93. The minimum atomic E-state index is 0.524. The summed E-state index contributed by atoms with van der Waals surface area (Å²) in [6.07, 6.45) is 4.43. The molecular weight excluding hydrogens is 148 g/mol. The van der Waals surface area contributed by atoms with Crippen molar-refractivity contribution in [2.24, 2.45) is 11.7 Å². The van der Waals surface area contributed by atoms with Gasteiger partial charge in [0.2, 0.25) is 0 Å². The Kier molecular flexibility index (Phi) is 3.35. The number of nitrogens with two attached hydrogens (primary N) is 1. The highest BCUT2D eigenvalue weighted by molar-refractivity contribution is 5.18. The summed E-state index contributed by atoms with van der Waals surface area (Å²) in [4.78, 5) is 0. The predicted octanol–water partition coefficient (Wildman–Crippen LogP) is 1.40. The van der Waals surface area contributed by atoms with Crippen molar-refractivity contribution in [2.75, 3.05) is 13.1 Å². The maximum atomic E-state index is 5.91. The lowest BCUT2D eigenvalue weighted by Gasteiger charge is -2.23. The minimum absolute atomic E-state index is 0.524. The van der Waals surface area contributed by atoms with E-state index in [1.165, 1.54) is 12.8 Å². The molecule has 0 amide bonds. The number of hydrogen-bond acceptors (Lipinski definition) is 2.